The predicted octanol–water partition coefficient (Wildman–Crippen LogP) is 2.67. The quantitative estimate of drug-likeness (QED) is 0.677. The van der Waals surface area contributed by atoms with Gasteiger partial charge in [0.1, 0.15) is 10.6 Å². The van der Waals surface area contributed by atoms with Crippen molar-refractivity contribution in [2.24, 2.45) is 0 Å². The van der Waals surface area contributed by atoms with Crippen LogP contribution in [0.5, 0.6) is 5.75 Å². The van der Waals surface area contributed by atoms with Gasteiger partial charge in [-0.3, -0.25) is 9.59 Å². The Morgan fingerprint density at radius 1 is 1.29 bits per heavy atom. The van der Waals surface area contributed by atoms with E-state index in [4.69, 9.17) is 16.3 Å². The molecule has 1 aromatic heterocycles. The van der Waals surface area contributed by atoms with Gasteiger partial charge in [-0.2, -0.15) is 4.31 Å². The fraction of sp³-hybridized carbons (Fsp3) is 0.300. The van der Waals surface area contributed by atoms with Gasteiger partial charge in [0.2, 0.25) is 15.9 Å². The number of sulfonamides is 1. The minimum atomic E-state index is -3.90. The number of fused-ring (bicyclic) bond motifs is 1. The zero-order valence-corrected chi connectivity index (χ0v) is 19.0. The minimum absolute atomic E-state index is 0.00501. The molecule has 0 radical (unpaired) electrons. The number of rotatable bonds is 4. The average Bonchev–Trinajstić information content (AvgIpc) is 3.26. The molecule has 3 heterocycles. The monoisotopic (exact) mass is 481 g/mol. The molecular weight excluding hydrogens is 462 g/mol. The summed E-state index contributed by atoms with van der Waals surface area (Å²) < 4.78 is 33.2. The van der Waals surface area contributed by atoms with Crippen molar-refractivity contribution in [2.45, 2.75) is 17.9 Å². The second kappa shape index (κ2) is 8.62. The van der Waals surface area contributed by atoms with Crippen molar-refractivity contribution in [3.05, 3.63) is 45.6 Å². The lowest BCUT2D eigenvalue weighted by Crippen LogP contribution is -2.50. The van der Waals surface area contributed by atoms with Gasteiger partial charge in [0.25, 0.3) is 5.91 Å². The lowest BCUT2D eigenvalue weighted by Gasteiger charge is -2.34. The lowest BCUT2D eigenvalue weighted by atomic mass is 10.2. The topological polar surface area (TPSA) is 96.0 Å². The summed E-state index contributed by atoms with van der Waals surface area (Å²) >= 11 is 7.77. The Morgan fingerprint density at radius 2 is 2.03 bits per heavy atom. The normalized spacial score (nSPS) is 19.7. The molecule has 0 bridgehead atoms. The molecule has 164 valence electrons. The largest absolute Gasteiger partial charge is 0.479 e. The summed E-state index contributed by atoms with van der Waals surface area (Å²) in [6, 6.07) is 6.54. The summed E-state index contributed by atoms with van der Waals surface area (Å²) in [6.07, 6.45) is 2.52. The van der Waals surface area contributed by atoms with Gasteiger partial charge in [0.05, 0.1) is 10.7 Å². The zero-order chi connectivity index (χ0) is 22.2. The van der Waals surface area contributed by atoms with Crippen molar-refractivity contribution in [1.29, 1.82) is 0 Å². The molecule has 1 fully saturated rings. The summed E-state index contributed by atoms with van der Waals surface area (Å²) in [4.78, 5) is 26.7. The fourth-order valence-electron chi connectivity index (χ4n) is 3.34. The summed E-state index contributed by atoms with van der Waals surface area (Å²) in [5.74, 6) is -0.230. The maximum atomic E-state index is 13.2. The molecule has 0 aliphatic carbocycles. The fourth-order valence-corrected chi connectivity index (χ4v) is 5.90. The second-order valence-electron chi connectivity index (χ2n) is 7.11. The number of hydrogen-bond donors (Lipinski definition) is 1. The molecule has 1 atom stereocenters. The molecule has 2 amide bonds. The van der Waals surface area contributed by atoms with Crippen LogP contribution in [0.1, 0.15) is 11.8 Å². The number of nitrogens with zero attached hydrogens (tertiary/aromatic N) is 2. The molecule has 1 aromatic carbocycles. The number of carbonyl (C=O) groups is 2. The molecule has 4 rings (SSSR count). The standard InChI is InChI=1S/C20H20ClN3O5S2/c1-13-20(26)22-16-11-15(21)18(12-17(16)29-13)31(27,28)24-8-6-23(7-9-24)19(25)5-4-14-3-2-10-30-14/h2-5,10-13H,6-9H2,1H3,(H,22,26)/b5-4+/t13-/m1/s1. The number of benzene rings is 1. The van der Waals surface area contributed by atoms with E-state index in [0.29, 0.717) is 5.69 Å². The van der Waals surface area contributed by atoms with Crippen LogP contribution >= 0.6 is 22.9 Å². The van der Waals surface area contributed by atoms with Gasteiger partial charge >= 0.3 is 0 Å². The average molecular weight is 482 g/mol. The first-order valence-electron chi connectivity index (χ1n) is 9.57. The second-order valence-corrected chi connectivity index (χ2v) is 10.4. The Kier molecular flexibility index (Phi) is 6.07. The van der Waals surface area contributed by atoms with Crippen LogP contribution in [-0.4, -0.2) is 61.7 Å². The van der Waals surface area contributed by atoms with E-state index in [1.165, 1.54) is 33.9 Å². The maximum Gasteiger partial charge on any atom is 0.265 e. The molecule has 2 aliphatic heterocycles. The van der Waals surface area contributed by atoms with Crippen molar-refractivity contribution in [3.63, 3.8) is 0 Å². The number of halogens is 1. The molecule has 0 spiro atoms. The van der Waals surface area contributed by atoms with Crippen LogP contribution in [0.25, 0.3) is 6.08 Å². The van der Waals surface area contributed by atoms with Gasteiger partial charge in [0, 0.05) is 43.2 Å². The van der Waals surface area contributed by atoms with Gasteiger partial charge in [-0.1, -0.05) is 17.7 Å². The van der Waals surface area contributed by atoms with Crippen molar-refractivity contribution in [2.75, 3.05) is 31.5 Å². The van der Waals surface area contributed by atoms with Gasteiger partial charge in [-0.25, -0.2) is 8.42 Å². The van der Waals surface area contributed by atoms with Crippen LogP contribution in [0.3, 0.4) is 0 Å². The first kappa shape index (κ1) is 21.8. The first-order valence-corrected chi connectivity index (χ1v) is 12.3. The highest BCUT2D eigenvalue weighted by molar-refractivity contribution is 7.89. The lowest BCUT2D eigenvalue weighted by molar-refractivity contribution is -0.127. The molecule has 0 unspecified atom stereocenters. The number of anilines is 1. The van der Waals surface area contributed by atoms with Crippen LogP contribution in [0, 0.1) is 0 Å². The van der Waals surface area contributed by atoms with E-state index in [0.717, 1.165) is 4.88 Å². The van der Waals surface area contributed by atoms with E-state index in [1.54, 1.807) is 17.9 Å². The number of hydrogen-bond acceptors (Lipinski definition) is 6. The number of ether oxygens (including phenoxy) is 1. The van der Waals surface area contributed by atoms with E-state index >= 15 is 0 Å². The van der Waals surface area contributed by atoms with Crippen molar-refractivity contribution in [1.82, 2.24) is 9.21 Å². The van der Waals surface area contributed by atoms with Crippen LogP contribution in [0.2, 0.25) is 5.02 Å². The zero-order valence-electron chi connectivity index (χ0n) is 16.6. The highest BCUT2D eigenvalue weighted by Gasteiger charge is 2.33. The third kappa shape index (κ3) is 4.47. The van der Waals surface area contributed by atoms with Gasteiger partial charge < -0.3 is 15.0 Å². The number of amides is 2. The molecule has 1 saturated heterocycles. The predicted molar refractivity (Wildman–Crippen MR) is 119 cm³/mol. The number of thiophene rings is 1. The molecule has 1 N–H and O–H groups in total. The summed E-state index contributed by atoms with van der Waals surface area (Å²) in [6.45, 7) is 2.44. The first-order chi connectivity index (χ1) is 14.8. The van der Waals surface area contributed by atoms with Crippen LogP contribution < -0.4 is 10.1 Å². The van der Waals surface area contributed by atoms with Crippen molar-refractivity contribution < 1.29 is 22.7 Å². The van der Waals surface area contributed by atoms with Gasteiger partial charge in [-0.05, 0) is 30.5 Å². The number of carbonyl (C=O) groups excluding carboxylic acids is 2. The number of nitrogens with one attached hydrogen (secondary N) is 1. The summed E-state index contributed by atoms with van der Waals surface area (Å²) in [7, 11) is -3.90. The molecule has 31 heavy (non-hydrogen) atoms. The van der Waals surface area contributed by atoms with E-state index < -0.39 is 16.1 Å². The Balaban J connectivity index is 1.46. The van der Waals surface area contributed by atoms with E-state index in [2.05, 4.69) is 5.32 Å². The molecule has 2 aliphatic rings. The summed E-state index contributed by atoms with van der Waals surface area (Å²) in [5.41, 5.74) is 0.333. The molecule has 2 aromatic rings. The maximum absolute atomic E-state index is 13.2. The molecule has 0 saturated carbocycles. The molecule has 8 nitrogen and oxygen atoms in total. The Morgan fingerprint density at radius 3 is 2.71 bits per heavy atom. The number of piperazine rings is 1. The van der Waals surface area contributed by atoms with Crippen LogP contribution in [0.15, 0.2) is 40.6 Å². The van der Waals surface area contributed by atoms with Crippen LogP contribution in [0.4, 0.5) is 5.69 Å². The Labute approximate surface area is 189 Å². The Bertz CT molecular complexity index is 1140. The molecule has 11 heteroatoms. The van der Waals surface area contributed by atoms with E-state index in [9.17, 15) is 18.0 Å². The highest BCUT2D eigenvalue weighted by Crippen LogP contribution is 2.38. The summed E-state index contributed by atoms with van der Waals surface area (Å²) in [5, 5.41) is 4.57. The van der Waals surface area contributed by atoms with Crippen LogP contribution in [-0.2, 0) is 19.6 Å². The van der Waals surface area contributed by atoms with E-state index in [-0.39, 0.29) is 53.7 Å². The van der Waals surface area contributed by atoms with Crippen molar-refractivity contribution in [3.8, 4) is 5.75 Å². The Hall–Kier alpha value is -2.40. The highest BCUT2D eigenvalue weighted by atomic mass is 35.5. The van der Waals surface area contributed by atoms with E-state index in [1.807, 2.05) is 17.5 Å². The third-order valence-electron chi connectivity index (χ3n) is 5.07. The minimum Gasteiger partial charge on any atom is -0.479 e. The van der Waals surface area contributed by atoms with Gasteiger partial charge in [0.15, 0.2) is 6.10 Å². The van der Waals surface area contributed by atoms with Gasteiger partial charge in [-0.15, -0.1) is 11.3 Å². The third-order valence-corrected chi connectivity index (χ3v) is 8.27. The SMILES string of the molecule is C[C@H]1Oc2cc(S(=O)(=O)N3CCN(C(=O)/C=C/c4cccs4)CC3)c(Cl)cc2NC1=O. The van der Waals surface area contributed by atoms with Crippen molar-refractivity contribution >= 4 is 56.5 Å². The smallest absolute Gasteiger partial charge is 0.265 e. The molecular formula is C20H20ClN3O5S2.